The van der Waals surface area contributed by atoms with Gasteiger partial charge in [0.05, 0.1) is 0 Å². The molecule has 1 saturated heterocycles. The lowest BCUT2D eigenvalue weighted by molar-refractivity contribution is -0.135. The molecule has 1 fully saturated rings. The van der Waals surface area contributed by atoms with Crippen molar-refractivity contribution in [1.29, 1.82) is 0 Å². The van der Waals surface area contributed by atoms with E-state index < -0.39 is 0 Å². The SMILES string of the molecule is COCCCNC(=O)C1CCN(C(=O)c2nn(C)c3c2CN(C(=O)C(C)C)CC3)CC1. The van der Waals surface area contributed by atoms with E-state index in [0.717, 1.165) is 17.7 Å². The number of carbonyl (C=O) groups is 3. The lowest BCUT2D eigenvalue weighted by Crippen LogP contribution is -2.44. The highest BCUT2D eigenvalue weighted by molar-refractivity contribution is 5.94. The zero-order valence-electron chi connectivity index (χ0n) is 19.1. The summed E-state index contributed by atoms with van der Waals surface area (Å²) >= 11 is 0. The smallest absolute Gasteiger partial charge is 0.274 e. The molecule has 0 spiro atoms. The van der Waals surface area contributed by atoms with E-state index in [1.54, 1.807) is 16.7 Å². The molecular formula is C22H35N5O4. The number of nitrogens with zero attached hydrogens (tertiary/aromatic N) is 4. The Morgan fingerprint density at radius 1 is 1.16 bits per heavy atom. The van der Waals surface area contributed by atoms with Gasteiger partial charge in [0.1, 0.15) is 0 Å². The van der Waals surface area contributed by atoms with Crippen molar-refractivity contribution in [3.63, 3.8) is 0 Å². The van der Waals surface area contributed by atoms with Crippen LogP contribution in [-0.2, 0) is 34.3 Å². The van der Waals surface area contributed by atoms with E-state index in [9.17, 15) is 14.4 Å². The Hall–Kier alpha value is -2.42. The van der Waals surface area contributed by atoms with E-state index in [1.807, 2.05) is 25.8 Å². The van der Waals surface area contributed by atoms with Crippen LogP contribution < -0.4 is 5.32 Å². The van der Waals surface area contributed by atoms with Gasteiger partial charge in [-0.3, -0.25) is 19.1 Å². The van der Waals surface area contributed by atoms with Crippen LogP contribution in [0.5, 0.6) is 0 Å². The number of likely N-dealkylation sites (tertiary alicyclic amines) is 1. The number of aromatic nitrogens is 2. The summed E-state index contributed by atoms with van der Waals surface area (Å²) in [7, 11) is 3.50. The minimum absolute atomic E-state index is 0.0567. The molecule has 9 nitrogen and oxygen atoms in total. The van der Waals surface area contributed by atoms with E-state index in [2.05, 4.69) is 10.4 Å². The Bertz CT molecular complexity index is 811. The second-order valence-electron chi connectivity index (χ2n) is 8.77. The third-order valence-corrected chi connectivity index (χ3v) is 6.23. The molecule has 0 unspecified atom stereocenters. The summed E-state index contributed by atoms with van der Waals surface area (Å²) in [5.74, 6) is -0.0819. The van der Waals surface area contributed by atoms with Gasteiger partial charge in [-0.2, -0.15) is 5.10 Å². The van der Waals surface area contributed by atoms with E-state index in [1.165, 1.54) is 0 Å². The van der Waals surface area contributed by atoms with Crippen LogP contribution in [0.15, 0.2) is 0 Å². The standard InChI is InChI=1S/C22H35N5O4/c1-15(2)21(29)27-12-8-18-17(14-27)19(24-25(18)3)22(30)26-10-6-16(7-11-26)20(28)23-9-5-13-31-4/h15-16H,5-14H2,1-4H3,(H,23,28). The van der Waals surface area contributed by atoms with Crippen molar-refractivity contribution < 1.29 is 19.1 Å². The predicted molar refractivity (Wildman–Crippen MR) is 115 cm³/mol. The van der Waals surface area contributed by atoms with E-state index >= 15 is 0 Å². The normalized spacial score (nSPS) is 17.1. The fourth-order valence-electron chi connectivity index (χ4n) is 4.38. The Balaban J connectivity index is 1.61. The minimum Gasteiger partial charge on any atom is -0.385 e. The average molecular weight is 434 g/mol. The number of piperidine rings is 1. The molecule has 172 valence electrons. The number of rotatable bonds is 7. The van der Waals surface area contributed by atoms with Crippen LogP contribution in [-0.4, -0.2) is 77.2 Å². The Morgan fingerprint density at radius 3 is 2.52 bits per heavy atom. The summed E-state index contributed by atoms with van der Waals surface area (Å²) in [6.45, 7) is 7.18. The molecule has 2 aliphatic rings. The first-order valence-corrected chi connectivity index (χ1v) is 11.2. The zero-order valence-corrected chi connectivity index (χ0v) is 19.1. The number of carbonyl (C=O) groups excluding carboxylic acids is 3. The van der Waals surface area contributed by atoms with Gasteiger partial charge in [-0.1, -0.05) is 13.8 Å². The first-order chi connectivity index (χ1) is 14.8. The molecule has 3 rings (SSSR count). The quantitative estimate of drug-likeness (QED) is 0.646. The first-order valence-electron chi connectivity index (χ1n) is 11.2. The third-order valence-electron chi connectivity index (χ3n) is 6.23. The van der Waals surface area contributed by atoms with Crippen molar-refractivity contribution in [3.8, 4) is 0 Å². The minimum atomic E-state index is -0.102. The average Bonchev–Trinajstić information content (AvgIpc) is 3.11. The van der Waals surface area contributed by atoms with Crippen LogP contribution in [0.4, 0.5) is 0 Å². The summed E-state index contributed by atoms with van der Waals surface area (Å²) in [6, 6.07) is 0. The second-order valence-corrected chi connectivity index (χ2v) is 8.77. The lowest BCUT2D eigenvalue weighted by Gasteiger charge is -2.32. The van der Waals surface area contributed by atoms with Gasteiger partial charge >= 0.3 is 0 Å². The largest absolute Gasteiger partial charge is 0.385 e. The van der Waals surface area contributed by atoms with Gasteiger partial charge in [-0.05, 0) is 19.3 Å². The van der Waals surface area contributed by atoms with Gasteiger partial charge in [-0.15, -0.1) is 0 Å². The fourth-order valence-corrected chi connectivity index (χ4v) is 4.38. The fraction of sp³-hybridized carbons (Fsp3) is 0.727. The van der Waals surface area contributed by atoms with E-state index in [0.29, 0.717) is 64.3 Å². The first kappa shape index (κ1) is 23.2. The molecule has 1 aromatic rings. The van der Waals surface area contributed by atoms with Crippen molar-refractivity contribution >= 4 is 17.7 Å². The second kappa shape index (κ2) is 10.3. The molecule has 9 heteroatoms. The topological polar surface area (TPSA) is 96.8 Å². The molecule has 1 aromatic heterocycles. The molecule has 1 N–H and O–H groups in total. The number of hydrogen-bond donors (Lipinski definition) is 1. The van der Waals surface area contributed by atoms with Gasteiger partial charge in [0, 0.05) is 83.0 Å². The van der Waals surface area contributed by atoms with Crippen molar-refractivity contribution in [2.75, 3.05) is 39.9 Å². The van der Waals surface area contributed by atoms with Gasteiger partial charge in [-0.25, -0.2) is 0 Å². The number of hydrogen-bond acceptors (Lipinski definition) is 5. The van der Waals surface area contributed by atoms with Gasteiger partial charge in [0.25, 0.3) is 5.91 Å². The van der Waals surface area contributed by atoms with Gasteiger partial charge in [0.15, 0.2) is 5.69 Å². The van der Waals surface area contributed by atoms with Gasteiger partial charge in [0.2, 0.25) is 11.8 Å². The van der Waals surface area contributed by atoms with Crippen LogP contribution in [0, 0.1) is 11.8 Å². The summed E-state index contributed by atoms with van der Waals surface area (Å²) in [4.78, 5) is 41.7. The maximum Gasteiger partial charge on any atom is 0.274 e. The van der Waals surface area contributed by atoms with Crippen molar-refractivity contribution in [2.45, 2.75) is 46.1 Å². The Morgan fingerprint density at radius 2 is 1.87 bits per heavy atom. The highest BCUT2D eigenvalue weighted by atomic mass is 16.5. The third kappa shape index (κ3) is 5.26. The predicted octanol–water partition coefficient (Wildman–Crippen LogP) is 0.966. The molecular weight excluding hydrogens is 398 g/mol. The maximum atomic E-state index is 13.2. The van der Waals surface area contributed by atoms with Crippen molar-refractivity contribution in [3.05, 3.63) is 17.0 Å². The Kier molecular flexibility index (Phi) is 7.69. The van der Waals surface area contributed by atoms with Crippen LogP contribution in [0.3, 0.4) is 0 Å². The molecule has 0 atom stereocenters. The van der Waals surface area contributed by atoms with E-state index in [-0.39, 0.29) is 29.6 Å². The number of amides is 3. The zero-order chi connectivity index (χ0) is 22.5. The highest BCUT2D eigenvalue weighted by Crippen LogP contribution is 2.26. The molecule has 0 aromatic carbocycles. The number of aryl methyl sites for hydroxylation is 1. The monoisotopic (exact) mass is 433 g/mol. The summed E-state index contributed by atoms with van der Waals surface area (Å²) < 4.78 is 6.78. The van der Waals surface area contributed by atoms with E-state index in [4.69, 9.17) is 4.74 Å². The van der Waals surface area contributed by atoms with Crippen LogP contribution in [0.1, 0.15) is 54.9 Å². The molecule has 0 aliphatic carbocycles. The maximum absolute atomic E-state index is 13.2. The molecule has 3 heterocycles. The molecule has 31 heavy (non-hydrogen) atoms. The summed E-state index contributed by atoms with van der Waals surface area (Å²) in [5, 5.41) is 7.47. The molecule has 0 saturated carbocycles. The molecule has 2 aliphatic heterocycles. The molecule has 3 amide bonds. The summed E-state index contributed by atoms with van der Waals surface area (Å²) in [6.07, 6.45) is 2.79. The molecule has 0 bridgehead atoms. The van der Waals surface area contributed by atoms with Crippen molar-refractivity contribution in [2.24, 2.45) is 18.9 Å². The van der Waals surface area contributed by atoms with Crippen LogP contribution >= 0.6 is 0 Å². The lowest BCUT2D eigenvalue weighted by atomic mass is 9.95. The van der Waals surface area contributed by atoms with Gasteiger partial charge < -0.3 is 19.9 Å². The number of nitrogens with one attached hydrogen (secondary N) is 1. The Labute approximate surface area is 184 Å². The van der Waals surface area contributed by atoms with Crippen molar-refractivity contribution in [1.82, 2.24) is 24.9 Å². The van der Waals surface area contributed by atoms with Crippen LogP contribution in [0.2, 0.25) is 0 Å². The number of fused-ring (bicyclic) bond motifs is 1. The summed E-state index contributed by atoms with van der Waals surface area (Å²) in [5.41, 5.74) is 2.34. The highest BCUT2D eigenvalue weighted by Gasteiger charge is 2.34. The molecule has 0 radical (unpaired) electrons. The number of ether oxygens (including phenoxy) is 1. The van der Waals surface area contributed by atoms with Crippen LogP contribution in [0.25, 0.3) is 0 Å². The number of methoxy groups -OCH3 is 1.